The van der Waals surface area contributed by atoms with Crippen LogP contribution in [-0.2, 0) is 0 Å². The molecular weight excluding hydrogens is 292 g/mol. The molecule has 1 aromatic heterocycles. The van der Waals surface area contributed by atoms with Gasteiger partial charge in [-0.3, -0.25) is 4.79 Å². The van der Waals surface area contributed by atoms with Crippen molar-refractivity contribution in [3.8, 4) is 5.75 Å². The van der Waals surface area contributed by atoms with Crippen LogP contribution in [0.2, 0.25) is 0 Å². The van der Waals surface area contributed by atoms with Crippen molar-refractivity contribution in [2.24, 2.45) is 5.73 Å². The highest BCUT2D eigenvalue weighted by molar-refractivity contribution is 5.92. The van der Waals surface area contributed by atoms with Gasteiger partial charge in [0.05, 0.1) is 19.0 Å². The molecule has 0 radical (unpaired) electrons. The maximum atomic E-state index is 12.0. The summed E-state index contributed by atoms with van der Waals surface area (Å²) in [5.74, 6) is 0.648. The lowest BCUT2D eigenvalue weighted by Gasteiger charge is -2.32. The molecule has 1 aliphatic rings. The molecule has 1 saturated carbocycles. The summed E-state index contributed by atoms with van der Waals surface area (Å²) < 4.78 is 5.12. The van der Waals surface area contributed by atoms with Crippen LogP contribution in [0, 0.1) is 0 Å². The summed E-state index contributed by atoms with van der Waals surface area (Å²) in [5.41, 5.74) is 7.86. The van der Waals surface area contributed by atoms with Gasteiger partial charge in [0.1, 0.15) is 11.4 Å². The summed E-state index contributed by atoms with van der Waals surface area (Å²) in [5, 5.41) is 6.15. The highest BCUT2D eigenvalue weighted by atomic mass is 16.5. The van der Waals surface area contributed by atoms with E-state index in [9.17, 15) is 4.79 Å². The number of hydrogen-bond donors (Lipinski definition) is 3. The van der Waals surface area contributed by atoms with Crippen molar-refractivity contribution < 1.29 is 9.53 Å². The standard InChI is InChI=1S/C17H20N4O2/c1-23-15-5-2-12(3-6-15)20-13-4-7-16(19-10-13)17(22)21-14-8-11(18)9-14/h2-7,10-11,14,20H,8-9,18H2,1H3,(H,21,22). The molecule has 1 aliphatic carbocycles. The van der Waals surface area contributed by atoms with Crippen molar-refractivity contribution in [3.63, 3.8) is 0 Å². The fourth-order valence-corrected chi connectivity index (χ4v) is 2.48. The lowest BCUT2D eigenvalue weighted by molar-refractivity contribution is 0.0905. The van der Waals surface area contributed by atoms with Crippen LogP contribution >= 0.6 is 0 Å². The number of amides is 1. The fraction of sp³-hybridized carbons (Fsp3) is 0.294. The minimum Gasteiger partial charge on any atom is -0.497 e. The van der Waals surface area contributed by atoms with E-state index in [1.54, 1.807) is 19.4 Å². The third kappa shape index (κ3) is 3.78. The monoisotopic (exact) mass is 312 g/mol. The van der Waals surface area contributed by atoms with Gasteiger partial charge in [-0.15, -0.1) is 0 Å². The van der Waals surface area contributed by atoms with Crippen molar-refractivity contribution in [2.75, 3.05) is 12.4 Å². The van der Waals surface area contributed by atoms with E-state index in [1.165, 1.54) is 0 Å². The summed E-state index contributed by atoms with van der Waals surface area (Å²) in [7, 11) is 1.63. The zero-order valence-corrected chi connectivity index (χ0v) is 13.0. The molecule has 6 heteroatoms. The molecule has 1 fully saturated rings. The summed E-state index contributed by atoms with van der Waals surface area (Å²) >= 11 is 0. The molecule has 0 saturated heterocycles. The molecule has 3 rings (SSSR count). The topological polar surface area (TPSA) is 89.3 Å². The van der Waals surface area contributed by atoms with Crippen molar-refractivity contribution in [1.82, 2.24) is 10.3 Å². The lowest BCUT2D eigenvalue weighted by atomic mass is 9.87. The lowest BCUT2D eigenvalue weighted by Crippen LogP contribution is -2.50. The maximum absolute atomic E-state index is 12.0. The van der Waals surface area contributed by atoms with Crippen LogP contribution in [0.4, 0.5) is 11.4 Å². The van der Waals surface area contributed by atoms with E-state index >= 15 is 0 Å². The quantitative estimate of drug-likeness (QED) is 0.786. The van der Waals surface area contributed by atoms with Gasteiger partial charge in [0, 0.05) is 17.8 Å². The van der Waals surface area contributed by atoms with Gasteiger partial charge in [-0.05, 0) is 49.2 Å². The fourth-order valence-electron chi connectivity index (χ4n) is 2.48. The Morgan fingerprint density at radius 3 is 2.43 bits per heavy atom. The molecule has 4 N–H and O–H groups in total. The van der Waals surface area contributed by atoms with Crippen molar-refractivity contribution in [2.45, 2.75) is 24.9 Å². The van der Waals surface area contributed by atoms with E-state index in [0.29, 0.717) is 5.69 Å². The van der Waals surface area contributed by atoms with Gasteiger partial charge >= 0.3 is 0 Å². The molecule has 0 atom stereocenters. The molecule has 0 unspecified atom stereocenters. The first kappa shape index (κ1) is 15.3. The average molecular weight is 312 g/mol. The highest BCUT2D eigenvalue weighted by Crippen LogP contribution is 2.20. The number of ether oxygens (including phenoxy) is 1. The number of methoxy groups -OCH3 is 1. The van der Waals surface area contributed by atoms with E-state index in [4.69, 9.17) is 10.5 Å². The Kier molecular flexibility index (Phi) is 4.43. The summed E-state index contributed by atoms with van der Waals surface area (Å²) in [6.45, 7) is 0. The Hall–Kier alpha value is -2.60. The van der Waals surface area contributed by atoms with Crippen LogP contribution < -0.4 is 21.1 Å². The SMILES string of the molecule is COc1ccc(Nc2ccc(C(=O)NC3CC(N)C3)nc2)cc1. The zero-order valence-electron chi connectivity index (χ0n) is 13.0. The Morgan fingerprint density at radius 2 is 1.87 bits per heavy atom. The third-order valence-corrected chi connectivity index (χ3v) is 3.88. The molecule has 120 valence electrons. The maximum Gasteiger partial charge on any atom is 0.270 e. The number of aromatic nitrogens is 1. The van der Waals surface area contributed by atoms with E-state index < -0.39 is 0 Å². The molecule has 1 aromatic carbocycles. The molecular formula is C17H20N4O2. The summed E-state index contributed by atoms with van der Waals surface area (Å²) in [6.07, 6.45) is 3.32. The molecule has 0 spiro atoms. The number of nitrogens with one attached hydrogen (secondary N) is 2. The second-order valence-electron chi connectivity index (χ2n) is 5.69. The van der Waals surface area contributed by atoms with Crippen molar-refractivity contribution in [3.05, 3.63) is 48.3 Å². The summed E-state index contributed by atoms with van der Waals surface area (Å²) in [4.78, 5) is 16.3. The minimum absolute atomic E-state index is 0.155. The van der Waals surface area contributed by atoms with E-state index in [2.05, 4.69) is 15.6 Å². The molecule has 6 nitrogen and oxygen atoms in total. The number of pyridine rings is 1. The second-order valence-corrected chi connectivity index (χ2v) is 5.69. The predicted molar refractivity (Wildman–Crippen MR) is 89.0 cm³/mol. The average Bonchev–Trinajstić information content (AvgIpc) is 2.55. The molecule has 0 aliphatic heterocycles. The van der Waals surface area contributed by atoms with Gasteiger partial charge in [0.15, 0.2) is 0 Å². The van der Waals surface area contributed by atoms with Crippen molar-refractivity contribution in [1.29, 1.82) is 0 Å². The third-order valence-electron chi connectivity index (χ3n) is 3.88. The Balaban J connectivity index is 1.58. The smallest absolute Gasteiger partial charge is 0.270 e. The second kappa shape index (κ2) is 6.66. The largest absolute Gasteiger partial charge is 0.497 e. The Bertz CT molecular complexity index is 664. The molecule has 23 heavy (non-hydrogen) atoms. The van der Waals surface area contributed by atoms with Crippen LogP contribution in [0.1, 0.15) is 23.3 Å². The van der Waals surface area contributed by atoms with E-state index in [-0.39, 0.29) is 18.0 Å². The summed E-state index contributed by atoms with van der Waals surface area (Å²) in [6, 6.07) is 11.5. The van der Waals surface area contributed by atoms with Crippen LogP contribution in [0.3, 0.4) is 0 Å². The van der Waals surface area contributed by atoms with E-state index in [1.807, 2.05) is 30.3 Å². The minimum atomic E-state index is -0.155. The van der Waals surface area contributed by atoms with Gasteiger partial charge in [0.2, 0.25) is 0 Å². The number of benzene rings is 1. The van der Waals surface area contributed by atoms with Crippen LogP contribution in [-0.4, -0.2) is 30.1 Å². The number of carbonyl (C=O) groups excluding carboxylic acids is 1. The van der Waals surface area contributed by atoms with Crippen LogP contribution in [0.5, 0.6) is 5.75 Å². The number of anilines is 2. The van der Waals surface area contributed by atoms with Crippen LogP contribution in [0.15, 0.2) is 42.6 Å². The number of carbonyl (C=O) groups is 1. The molecule has 2 aromatic rings. The van der Waals surface area contributed by atoms with Gasteiger partial charge in [-0.2, -0.15) is 0 Å². The number of nitrogens with two attached hydrogens (primary N) is 1. The van der Waals surface area contributed by atoms with Gasteiger partial charge in [0.25, 0.3) is 5.91 Å². The molecule has 1 heterocycles. The van der Waals surface area contributed by atoms with Gasteiger partial charge in [-0.25, -0.2) is 4.98 Å². The van der Waals surface area contributed by atoms with Crippen molar-refractivity contribution >= 4 is 17.3 Å². The normalized spacial score (nSPS) is 19.6. The number of hydrogen-bond acceptors (Lipinski definition) is 5. The predicted octanol–water partition coefficient (Wildman–Crippen LogP) is 2.05. The first-order valence-corrected chi connectivity index (χ1v) is 7.57. The molecule has 1 amide bonds. The van der Waals surface area contributed by atoms with Gasteiger partial charge < -0.3 is 21.1 Å². The first-order chi connectivity index (χ1) is 11.1. The highest BCUT2D eigenvalue weighted by Gasteiger charge is 2.27. The Labute approximate surface area is 135 Å². The number of rotatable bonds is 5. The molecule has 0 bridgehead atoms. The number of nitrogens with zero attached hydrogens (tertiary/aromatic N) is 1. The van der Waals surface area contributed by atoms with E-state index in [0.717, 1.165) is 30.0 Å². The zero-order chi connectivity index (χ0) is 16.2. The Morgan fingerprint density at radius 1 is 1.17 bits per heavy atom. The van der Waals surface area contributed by atoms with Crippen LogP contribution in [0.25, 0.3) is 0 Å². The van der Waals surface area contributed by atoms with Gasteiger partial charge in [-0.1, -0.05) is 0 Å². The first-order valence-electron chi connectivity index (χ1n) is 7.57.